The van der Waals surface area contributed by atoms with E-state index in [1.54, 1.807) is 25.1 Å². The zero-order valence-corrected chi connectivity index (χ0v) is 18.8. The molecule has 1 atom stereocenters. The number of ether oxygens (including phenoxy) is 3. The van der Waals surface area contributed by atoms with Crippen molar-refractivity contribution in [3.05, 3.63) is 70.9 Å². The van der Waals surface area contributed by atoms with Gasteiger partial charge in [0.2, 0.25) is 5.89 Å². The quantitative estimate of drug-likeness (QED) is 0.410. The van der Waals surface area contributed by atoms with Gasteiger partial charge >= 0.3 is 5.97 Å². The standard InChI is InChI=1S/C25H28FNO5/c1-5-17-13-19(12-11-18(17)14-23(30-6-2)25(28)29-4)31-15-22-16(3)32-24(27-22)20-9-7-8-10-21(20)26/h7-13,23H,5-6,14-15H2,1-4H3/t23-/m0/s1. The summed E-state index contributed by atoms with van der Waals surface area (Å²) in [5.41, 5.74) is 2.98. The van der Waals surface area contributed by atoms with Crippen LogP contribution in [0.25, 0.3) is 11.5 Å². The molecule has 0 aliphatic rings. The Morgan fingerprint density at radius 2 is 1.94 bits per heavy atom. The van der Waals surface area contributed by atoms with Gasteiger partial charge in [0.1, 0.15) is 29.6 Å². The molecule has 1 heterocycles. The van der Waals surface area contributed by atoms with E-state index < -0.39 is 6.10 Å². The van der Waals surface area contributed by atoms with Crippen LogP contribution in [-0.4, -0.2) is 30.8 Å². The third-order valence-electron chi connectivity index (χ3n) is 5.17. The van der Waals surface area contributed by atoms with Crippen LogP contribution in [0.1, 0.15) is 36.4 Å². The van der Waals surface area contributed by atoms with Crippen molar-refractivity contribution in [3.8, 4) is 17.2 Å². The van der Waals surface area contributed by atoms with Crippen LogP contribution in [0.15, 0.2) is 46.9 Å². The van der Waals surface area contributed by atoms with E-state index in [1.165, 1.54) is 13.2 Å². The van der Waals surface area contributed by atoms with Gasteiger partial charge in [0.05, 0.1) is 12.7 Å². The maximum absolute atomic E-state index is 14.0. The van der Waals surface area contributed by atoms with Gasteiger partial charge in [-0.3, -0.25) is 0 Å². The molecule has 0 unspecified atom stereocenters. The van der Waals surface area contributed by atoms with Gasteiger partial charge in [-0.2, -0.15) is 0 Å². The minimum atomic E-state index is -0.642. The lowest BCUT2D eigenvalue weighted by molar-refractivity contribution is -0.153. The van der Waals surface area contributed by atoms with Crippen LogP contribution in [0, 0.1) is 12.7 Å². The molecule has 2 aromatic carbocycles. The molecule has 0 saturated heterocycles. The number of esters is 1. The monoisotopic (exact) mass is 441 g/mol. The number of carbonyl (C=O) groups is 1. The molecule has 1 aromatic heterocycles. The average Bonchev–Trinajstić information content (AvgIpc) is 3.17. The largest absolute Gasteiger partial charge is 0.487 e. The van der Waals surface area contributed by atoms with Gasteiger partial charge in [-0.05, 0) is 55.7 Å². The first kappa shape index (κ1) is 23.5. The van der Waals surface area contributed by atoms with Crippen LogP contribution in [0.2, 0.25) is 0 Å². The molecule has 6 nitrogen and oxygen atoms in total. The minimum absolute atomic E-state index is 0.190. The third-order valence-corrected chi connectivity index (χ3v) is 5.17. The van der Waals surface area contributed by atoms with Gasteiger partial charge in [0.25, 0.3) is 0 Å². The summed E-state index contributed by atoms with van der Waals surface area (Å²) in [7, 11) is 1.36. The molecule has 170 valence electrons. The highest BCUT2D eigenvalue weighted by molar-refractivity contribution is 5.75. The van der Waals surface area contributed by atoms with Crippen LogP contribution in [-0.2, 0) is 33.7 Å². The molecule has 3 rings (SSSR count). The number of halogens is 1. The Labute approximate surface area is 187 Å². The first-order valence-electron chi connectivity index (χ1n) is 10.6. The summed E-state index contributed by atoms with van der Waals surface area (Å²) in [4.78, 5) is 16.4. The molecule has 0 aliphatic carbocycles. The summed E-state index contributed by atoms with van der Waals surface area (Å²) in [5.74, 6) is 0.705. The molecule has 7 heteroatoms. The van der Waals surface area contributed by atoms with E-state index in [0.29, 0.717) is 35.8 Å². The molecule has 0 saturated carbocycles. The Kier molecular flexibility index (Phi) is 8.00. The van der Waals surface area contributed by atoms with Gasteiger partial charge < -0.3 is 18.6 Å². The Hall–Kier alpha value is -3.19. The summed E-state index contributed by atoms with van der Waals surface area (Å²) in [5, 5.41) is 0. The summed E-state index contributed by atoms with van der Waals surface area (Å²) in [6.45, 7) is 6.28. The number of carbonyl (C=O) groups excluding carboxylic acids is 1. The average molecular weight is 441 g/mol. The molecule has 0 aliphatic heterocycles. The topological polar surface area (TPSA) is 70.8 Å². The van der Waals surface area contributed by atoms with Crippen LogP contribution in [0.4, 0.5) is 4.39 Å². The number of hydrogen-bond donors (Lipinski definition) is 0. The van der Waals surface area contributed by atoms with Crippen LogP contribution in [0.5, 0.6) is 5.75 Å². The summed E-state index contributed by atoms with van der Waals surface area (Å²) in [6.07, 6.45) is 0.558. The number of nitrogens with zero attached hydrogens (tertiary/aromatic N) is 1. The SMILES string of the molecule is CCO[C@@H](Cc1ccc(OCc2nc(-c3ccccc3F)oc2C)cc1CC)C(=O)OC. The number of rotatable bonds is 10. The van der Waals surface area contributed by atoms with E-state index in [2.05, 4.69) is 4.98 Å². The van der Waals surface area contributed by atoms with Gasteiger partial charge in [-0.1, -0.05) is 25.1 Å². The highest BCUT2D eigenvalue weighted by atomic mass is 19.1. The maximum atomic E-state index is 14.0. The lowest BCUT2D eigenvalue weighted by atomic mass is 9.99. The highest BCUT2D eigenvalue weighted by Gasteiger charge is 2.21. The second-order valence-corrected chi connectivity index (χ2v) is 7.25. The first-order valence-corrected chi connectivity index (χ1v) is 10.6. The molecule has 0 radical (unpaired) electrons. The van der Waals surface area contributed by atoms with Crippen molar-refractivity contribution in [2.75, 3.05) is 13.7 Å². The zero-order valence-electron chi connectivity index (χ0n) is 18.8. The molecule has 0 bridgehead atoms. The Morgan fingerprint density at radius 1 is 1.16 bits per heavy atom. The van der Waals surface area contributed by atoms with Crippen molar-refractivity contribution in [2.24, 2.45) is 0 Å². The lowest BCUT2D eigenvalue weighted by Crippen LogP contribution is -2.28. The molecule has 0 N–H and O–H groups in total. The van der Waals surface area contributed by atoms with Gasteiger partial charge in [0.15, 0.2) is 6.10 Å². The van der Waals surface area contributed by atoms with Crippen molar-refractivity contribution >= 4 is 5.97 Å². The number of benzene rings is 2. The van der Waals surface area contributed by atoms with Gasteiger partial charge in [-0.25, -0.2) is 14.2 Å². The fraction of sp³-hybridized carbons (Fsp3) is 0.360. The van der Waals surface area contributed by atoms with Crippen LogP contribution >= 0.6 is 0 Å². The van der Waals surface area contributed by atoms with E-state index in [9.17, 15) is 9.18 Å². The van der Waals surface area contributed by atoms with Crippen molar-refractivity contribution in [2.45, 2.75) is 46.3 Å². The molecular formula is C25H28FNO5. The van der Waals surface area contributed by atoms with E-state index in [1.807, 2.05) is 32.0 Å². The molecular weight excluding hydrogens is 413 g/mol. The number of methoxy groups -OCH3 is 1. The number of oxazole rings is 1. The van der Waals surface area contributed by atoms with Crippen molar-refractivity contribution in [3.63, 3.8) is 0 Å². The van der Waals surface area contributed by atoms with Crippen molar-refractivity contribution < 1.29 is 27.8 Å². The molecule has 0 spiro atoms. The fourth-order valence-electron chi connectivity index (χ4n) is 3.43. The van der Waals surface area contributed by atoms with E-state index in [0.717, 1.165) is 17.5 Å². The normalized spacial score (nSPS) is 11.9. The lowest BCUT2D eigenvalue weighted by Gasteiger charge is -2.17. The second kappa shape index (κ2) is 10.9. The van der Waals surface area contributed by atoms with E-state index in [4.69, 9.17) is 18.6 Å². The fourth-order valence-corrected chi connectivity index (χ4v) is 3.43. The van der Waals surface area contributed by atoms with Crippen LogP contribution in [0.3, 0.4) is 0 Å². The number of aromatic nitrogens is 1. The number of hydrogen-bond acceptors (Lipinski definition) is 6. The van der Waals surface area contributed by atoms with E-state index >= 15 is 0 Å². The maximum Gasteiger partial charge on any atom is 0.335 e. The van der Waals surface area contributed by atoms with Crippen LogP contribution < -0.4 is 4.74 Å². The Balaban J connectivity index is 1.72. The summed E-state index contributed by atoms with van der Waals surface area (Å²) >= 11 is 0. The molecule has 32 heavy (non-hydrogen) atoms. The van der Waals surface area contributed by atoms with Crippen molar-refractivity contribution in [1.82, 2.24) is 4.98 Å². The molecule has 0 fully saturated rings. The molecule has 0 amide bonds. The second-order valence-electron chi connectivity index (χ2n) is 7.25. The number of aryl methyl sites for hydroxylation is 2. The third kappa shape index (κ3) is 5.53. The predicted molar refractivity (Wildman–Crippen MR) is 118 cm³/mol. The highest BCUT2D eigenvalue weighted by Crippen LogP contribution is 2.26. The Bertz CT molecular complexity index is 1060. The van der Waals surface area contributed by atoms with Crippen molar-refractivity contribution in [1.29, 1.82) is 0 Å². The summed E-state index contributed by atoms with van der Waals surface area (Å²) < 4.78 is 36.0. The molecule has 3 aromatic rings. The van der Waals surface area contributed by atoms with Gasteiger partial charge in [0, 0.05) is 13.0 Å². The Morgan fingerprint density at radius 3 is 2.62 bits per heavy atom. The smallest absolute Gasteiger partial charge is 0.335 e. The van der Waals surface area contributed by atoms with Gasteiger partial charge in [-0.15, -0.1) is 0 Å². The minimum Gasteiger partial charge on any atom is -0.487 e. The first-order chi connectivity index (χ1) is 15.5. The summed E-state index contributed by atoms with van der Waals surface area (Å²) in [6, 6.07) is 12.1. The zero-order chi connectivity index (χ0) is 23.1. The van der Waals surface area contributed by atoms with E-state index in [-0.39, 0.29) is 24.3 Å². The predicted octanol–water partition coefficient (Wildman–Crippen LogP) is 5.05.